The predicted octanol–water partition coefficient (Wildman–Crippen LogP) is 1.35. The third kappa shape index (κ3) is 2.95. The molecule has 1 atom stereocenters. The second kappa shape index (κ2) is 6.09. The van der Waals surface area contributed by atoms with Crippen molar-refractivity contribution < 1.29 is 14.3 Å². The number of hydrogen-bond donors (Lipinski definition) is 2. The molecule has 8 nitrogen and oxygen atoms in total. The van der Waals surface area contributed by atoms with Gasteiger partial charge in [-0.05, 0) is 30.5 Å². The average molecular weight is 325 g/mol. The molecule has 2 aliphatic rings. The molecule has 1 aromatic carbocycles. The zero-order valence-corrected chi connectivity index (χ0v) is 12.8. The van der Waals surface area contributed by atoms with E-state index in [-0.39, 0.29) is 12.0 Å². The summed E-state index contributed by atoms with van der Waals surface area (Å²) in [6, 6.07) is 9.03. The Kier molecular flexibility index (Phi) is 3.97. The molecule has 3 rings (SSSR count). The number of ether oxygens (including phenoxy) is 1. The van der Waals surface area contributed by atoms with Crippen LogP contribution in [-0.4, -0.2) is 31.3 Å². The average Bonchev–Trinajstić information content (AvgIpc) is 3.30. The van der Waals surface area contributed by atoms with Crippen molar-refractivity contribution in [3.8, 4) is 12.3 Å². The van der Waals surface area contributed by atoms with E-state index in [2.05, 4.69) is 11.4 Å². The molecule has 1 saturated heterocycles. The summed E-state index contributed by atoms with van der Waals surface area (Å²) in [5, 5.41) is 21.9. The van der Waals surface area contributed by atoms with Crippen LogP contribution in [-0.2, 0) is 10.2 Å². The third-order valence-electron chi connectivity index (χ3n) is 4.23. The van der Waals surface area contributed by atoms with E-state index in [1.807, 2.05) is 17.4 Å². The van der Waals surface area contributed by atoms with Gasteiger partial charge in [-0.3, -0.25) is 4.90 Å². The minimum Gasteiger partial charge on any atom is -0.442 e. The van der Waals surface area contributed by atoms with Gasteiger partial charge in [0.25, 0.3) is 0 Å². The second-order valence-electron chi connectivity index (χ2n) is 5.80. The molecule has 24 heavy (non-hydrogen) atoms. The van der Waals surface area contributed by atoms with Crippen molar-refractivity contribution in [3.63, 3.8) is 0 Å². The fourth-order valence-electron chi connectivity index (χ4n) is 2.69. The fourth-order valence-corrected chi connectivity index (χ4v) is 2.69. The number of benzene rings is 1. The highest BCUT2D eigenvalue weighted by Crippen LogP contribution is 2.47. The van der Waals surface area contributed by atoms with Crippen molar-refractivity contribution in [1.82, 2.24) is 10.6 Å². The first-order chi connectivity index (χ1) is 11.6. The Balaban J connectivity index is 1.61. The van der Waals surface area contributed by atoms with Crippen LogP contribution >= 0.6 is 0 Å². The number of nitriles is 2. The first kappa shape index (κ1) is 15.6. The lowest BCUT2D eigenvalue weighted by Crippen LogP contribution is -2.39. The van der Waals surface area contributed by atoms with E-state index in [1.165, 1.54) is 11.1 Å². The molecule has 1 unspecified atom stereocenters. The van der Waals surface area contributed by atoms with Crippen LogP contribution in [0.1, 0.15) is 18.4 Å². The van der Waals surface area contributed by atoms with Crippen molar-refractivity contribution in [2.24, 2.45) is 0 Å². The molecule has 2 fully saturated rings. The number of urea groups is 1. The minimum atomic E-state index is -0.636. The van der Waals surface area contributed by atoms with Gasteiger partial charge in [0.15, 0.2) is 6.19 Å². The van der Waals surface area contributed by atoms with Crippen LogP contribution < -0.4 is 15.5 Å². The van der Waals surface area contributed by atoms with E-state index in [9.17, 15) is 14.9 Å². The van der Waals surface area contributed by atoms with Crippen molar-refractivity contribution in [2.75, 3.05) is 18.0 Å². The van der Waals surface area contributed by atoms with Gasteiger partial charge in [-0.15, -0.1) is 0 Å². The number of carbonyl (C=O) groups excluding carboxylic acids is 2. The maximum atomic E-state index is 12.0. The molecule has 0 spiro atoms. The molecule has 0 aromatic heterocycles. The summed E-state index contributed by atoms with van der Waals surface area (Å²) in [5.41, 5.74) is 1.29. The molecule has 122 valence electrons. The zero-order chi connectivity index (χ0) is 17.2. The predicted molar refractivity (Wildman–Crippen MR) is 82.7 cm³/mol. The van der Waals surface area contributed by atoms with Gasteiger partial charge in [0.05, 0.1) is 24.6 Å². The molecule has 1 aromatic rings. The summed E-state index contributed by atoms with van der Waals surface area (Å²) in [5.74, 6) is 0. The number of hydrogen-bond acceptors (Lipinski definition) is 5. The highest BCUT2D eigenvalue weighted by atomic mass is 16.6. The van der Waals surface area contributed by atoms with Crippen LogP contribution in [0.2, 0.25) is 0 Å². The second-order valence-corrected chi connectivity index (χ2v) is 5.80. The number of rotatable bonds is 4. The summed E-state index contributed by atoms with van der Waals surface area (Å²) in [4.78, 5) is 24.6. The van der Waals surface area contributed by atoms with Crippen molar-refractivity contribution in [3.05, 3.63) is 29.8 Å². The van der Waals surface area contributed by atoms with E-state index in [0.29, 0.717) is 12.2 Å². The molecular weight excluding hydrogens is 310 g/mol. The standard InChI is InChI=1S/C16H15N5O3/c17-9-16(5-6-16)11-1-3-12(4-2-11)21-8-13(24-15(21)23)7-19-14(22)20-10-18/h1-4,13H,5-8H2,(H2,19,20,22). The monoisotopic (exact) mass is 325 g/mol. The molecule has 1 aliphatic heterocycles. The minimum absolute atomic E-state index is 0.116. The molecule has 1 aliphatic carbocycles. The largest absolute Gasteiger partial charge is 0.442 e. The van der Waals surface area contributed by atoms with Gasteiger partial charge in [0, 0.05) is 5.69 Å². The zero-order valence-electron chi connectivity index (χ0n) is 12.8. The van der Waals surface area contributed by atoms with E-state index in [0.717, 1.165) is 18.4 Å². The summed E-state index contributed by atoms with van der Waals surface area (Å²) in [6.07, 6.45) is 2.27. The first-order valence-corrected chi connectivity index (χ1v) is 7.51. The highest BCUT2D eigenvalue weighted by molar-refractivity contribution is 5.89. The van der Waals surface area contributed by atoms with Crippen molar-refractivity contribution >= 4 is 17.8 Å². The highest BCUT2D eigenvalue weighted by Gasteiger charge is 2.44. The van der Waals surface area contributed by atoms with Crippen LogP contribution in [0.4, 0.5) is 15.3 Å². The molecule has 0 radical (unpaired) electrons. The lowest BCUT2D eigenvalue weighted by Gasteiger charge is -2.14. The number of nitrogens with zero attached hydrogens (tertiary/aromatic N) is 3. The summed E-state index contributed by atoms with van der Waals surface area (Å²) >= 11 is 0. The molecular formula is C16H15N5O3. The normalized spacial score (nSPS) is 20.5. The lowest BCUT2D eigenvalue weighted by molar-refractivity contribution is 0.140. The van der Waals surface area contributed by atoms with Gasteiger partial charge < -0.3 is 10.1 Å². The first-order valence-electron chi connectivity index (χ1n) is 7.51. The number of carbonyl (C=O) groups is 2. The summed E-state index contributed by atoms with van der Waals surface area (Å²) in [7, 11) is 0. The maximum Gasteiger partial charge on any atom is 0.414 e. The Labute approximate surface area is 138 Å². The number of amides is 3. The van der Waals surface area contributed by atoms with E-state index in [1.54, 1.807) is 12.1 Å². The van der Waals surface area contributed by atoms with Crippen molar-refractivity contribution in [1.29, 1.82) is 10.5 Å². The van der Waals surface area contributed by atoms with Gasteiger partial charge in [0.2, 0.25) is 0 Å². The van der Waals surface area contributed by atoms with Crippen LogP contribution in [0.3, 0.4) is 0 Å². The molecule has 2 N–H and O–H groups in total. The van der Waals surface area contributed by atoms with E-state index < -0.39 is 18.2 Å². The van der Waals surface area contributed by atoms with Crippen molar-refractivity contribution in [2.45, 2.75) is 24.4 Å². The SMILES string of the molecule is N#CNC(=O)NCC1CN(c2ccc(C3(C#N)CC3)cc2)C(=O)O1. The molecule has 8 heteroatoms. The Bertz CT molecular complexity index is 742. The Morgan fingerprint density at radius 2 is 2.04 bits per heavy atom. The molecule has 1 heterocycles. The maximum absolute atomic E-state index is 12.0. The fraction of sp³-hybridized carbons (Fsp3) is 0.375. The van der Waals surface area contributed by atoms with E-state index >= 15 is 0 Å². The van der Waals surface area contributed by atoms with Gasteiger partial charge in [0.1, 0.15) is 6.10 Å². The summed E-state index contributed by atoms with van der Waals surface area (Å²) in [6.45, 7) is 0.416. The molecule has 3 amide bonds. The topological polar surface area (TPSA) is 118 Å². The van der Waals surface area contributed by atoms with Crippen LogP contribution in [0.5, 0.6) is 0 Å². The van der Waals surface area contributed by atoms with Gasteiger partial charge in [-0.25, -0.2) is 14.9 Å². The molecule has 0 bridgehead atoms. The van der Waals surface area contributed by atoms with Crippen LogP contribution in [0.15, 0.2) is 24.3 Å². The number of cyclic esters (lactones) is 1. The van der Waals surface area contributed by atoms with Gasteiger partial charge in [-0.2, -0.15) is 10.5 Å². The molecule has 1 saturated carbocycles. The van der Waals surface area contributed by atoms with Gasteiger partial charge >= 0.3 is 12.1 Å². The van der Waals surface area contributed by atoms with Crippen LogP contribution in [0, 0.1) is 22.8 Å². The summed E-state index contributed by atoms with van der Waals surface area (Å²) < 4.78 is 5.20. The smallest absolute Gasteiger partial charge is 0.414 e. The Morgan fingerprint density at radius 1 is 1.33 bits per heavy atom. The van der Waals surface area contributed by atoms with E-state index in [4.69, 9.17) is 10.00 Å². The Morgan fingerprint density at radius 3 is 2.62 bits per heavy atom. The Hall–Kier alpha value is -3.26. The third-order valence-corrected chi connectivity index (χ3v) is 4.23. The van der Waals surface area contributed by atoms with Gasteiger partial charge in [-0.1, -0.05) is 12.1 Å². The quantitative estimate of drug-likeness (QED) is 0.640. The lowest BCUT2D eigenvalue weighted by atomic mass is 9.97. The number of nitrogens with one attached hydrogen (secondary N) is 2. The van der Waals surface area contributed by atoms with Crippen LogP contribution in [0.25, 0.3) is 0 Å². The number of anilines is 1.